The zero-order valence-electron chi connectivity index (χ0n) is 46.0. The zero-order valence-corrected chi connectivity index (χ0v) is 46.0. The predicted octanol–water partition coefficient (Wildman–Crippen LogP) is 19.9. The number of allylic oxidation sites excluding steroid dienone is 14. The first-order valence-corrected chi connectivity index (χ1v) is 29.6. The van der Waals surface area contributed by atoms with Gasteiger partial charge in [-0.3, -0.25) is 14.4 Å². The monoisotopic (exact) mass is 975 g/mol. The lowest BCUT2D eigenvalue weighted by molar-refractivity contribution is -0.167. The van der Waals surface area contributed by atoms with Crippen molar-refractivity contribution < 1.29 is 28.6 Å². The number of carbonyl (C=O) groups excluding carboxylic acids is 3. The van der Waals surface area contributed by atoms with Crippen LogP contribution in [-0.4, -0.2) is 37.2 Å². The van der Waals surface area contributed by atoms with Gasteiger partial charge in [-0.15, -0.1) is 0 Å². The van der Waals surface area contributed by atoms with E-state index in [4.69, 9.17) is 14.2 Å². The Morgan fingerprint density at radius 1 is 0.300 bits per heavy atom. The van der Waals surface area contributed by atoms with Crippen LogP contribution in [0.15, 0.2) is 85.1 Å². The van der Waals surface area contributed by atoms with Gasteiger partial charge in [0.1, 0.15) is 13.2 Å². The molecular formula is C64H110O6. The molecule has 0 spiro atoms. The van der Waals surface area contributed by atoms with Crippen LogP contribution in [-0.2, 0) is 28.6 Å². The van der Waals surface area contributed by atoms with Gasteiger partial charge < -0.3 is 14.2 Å². The molecule has 0 N–H and O–H groups in total. The van der Waals surface area contributed by atoms with Crippen molar-refractivity contribution in [3.63, 3.8) is 0 Å². The van der Waals surface area contributed by atoms with Gasteiger partial charge in [0, 0.05) is 19.3 Å². The number of ether oxygens (including phenoxy) is 3. The van der Waals surface area contributed by atoms with Crippen LogP contribution in [0.25, 0.3) is 0 Å². The highest BCUT2D eigenvalue weighted by atomic mass is 16.6. The molecule has 0 aliphatic rings. The molecule has 0 saturated heterocycles. The van der Waals surface area contributed by atoms with E-state index in [0.717, 1.165) is 89.9 Å². The van der Waals surface area contributed by atoms with Gasteiger partial charge >= 0.3 is 17.9 Å². The summed E-state index contributed by atoms with van der Waals surface area (Å²) in [7, 11) is 0. The van der Waals surface area contributed by atoms with E-state index in [0.29, 0.717) is 19.3 Å². The van der Waals surface area contributed by atoms with E-state index in [9.17, 15) is 14.4 Å². The molecule has 0 aromatic rings. The molecule has 0 radical (unpaired) electrons. The fourth-order valence-electron chi connectivity index (χ4n) is 8.26. The van der Waals surface area contributed by atoms with E-state index in [2.05, 4.69) is 106 Å². The molecule has 1 unspecified atom stereocenters. The minimum absolute atomic E-state index is 0.0918. The number of unbranched alkanes of at least 4 members (excludes halogenated alkanes) is 28. The molecular weight excluding hydrogens is 865 g/mol. The molecule has 0 amide bonds. The first-order chi connectivity index (χ1) is 34.5. The average molecular weight is 976 g/mol. The van der Waals surface area contributed by atoms with Crippen LogP contribution in [0.3, 0.4) is 0 Å². The predicted molar refractivity (Wildman–Crippen MR) is 302 cm³/mol. The highest BCUT2D eigenvalue weighted by Gasteiger charge is 2.19. The number of hydrogen-bond acceptors (Lipinski definition) is 6. The summed E-state index contributed by atoms with van der Waals surface area (Å²) in [4.78, 5) is 38.0. The summed E-state index contributed by atoms with van der Waals surface area (Å²) in [6, 6.07) is 0. The van der Waals surface area contributed by atoms with Crippen molar-refractivity contribution in [2.75, 3.05) is 13.2 Å². The maximum atomic E-state index is 12.8. The largest absolute Gasteiger partial charge is 0.462 e. The van der Waals surface area contributed by atoms with E-state index < -0.39 is 6.10 Å². The second kappa shape index (κ2) is 58.2. The Balaban J connectivity index is 4.31. The summed E-state index contributed by atoms with van der Waals surface area (Å²) in [5.41, 5.74) is 0. The third kappa shape index (κ3) is 55.5. The number of rotatable bonds is 53. The maximum Gasteiger partial charge on any atom is 0.306 e. The van der Waals surface area contributed by atoms with Crippen molar-refractivity contribution >= 4 is 17.9 Å². The van der Waals surface area contributed by atoms with Gasteiger partial charge in [-0.25, -0.2) is 0 Å². The van der Waals surface area contributed by atoms with Gasteiger partial charge in [0.2, 0.25) is 0 Å². The van der Waals surface area contributed by atoms with Crippen LogP contribution in [0.2, 0.25) is 0 Å². The standard InChI is InChI=1S/C64H110O6/c1-4-7-10-13-16-19-21-23-25-27-29-31-32-34-35-37-39-41-43-45-48-51-54-57-63(66)69-60-61(59-68-62(65)56-53-50-47-18-15-12-9-6-3)70-64(67)58-55-52-49-46-44-42-40-38-36-33-30-28-26-24-22-20-17-14-11-8-5-2/h7,10,16,19,23,25,29,31,34-35,39,41,45,48,61H,4-6,8-9,11-15,17-18,20-22,24,26-28,30,32-33,36-38,40,42-44,46-47,49-60H2,1-3H3/b10-7-,19-16-,25-23-,31-29-,35-34-,41-39-,48-45-. The van der Waals surface area contributed by atoms with Gasteiger partial charge in [-0.1, -0.05) is 279 Å². The number of carbonyl (C=O) groups is 3. The number of esters is 3. The molecule has 0 saturated carbocycles. The Morgan fingerprint density at radius 2 is 0.557 bits per heavy atom. The molecule has 0 aliphatic carbocycles. The molecule has 0 aromatic heterocycles. The fraction of sp³-hybridized carbons (Fsp3) is 0.734. The second-order valence-corrected chi connectivity index (χ2v) is 19.5. The summed E-state index contributed by atoms with van der Waals surface area (Å²) >= 11 is 0. The Morgan fingerprint density at radius 3 is 0.871 bits per heavy atom. The van der Waals surface area contributed by atoms with E-state index >= 15 is 0 Å². The summed E-state index contributed by atoms with van der Waals surface area (Å²) < 4.78 is 16.8. The molecule has 0 fully saturated rings. The molecule has 1 atom stereocenters. The maximum absolute atomic E-state index is 12.8. The summed E-state index contributed by atoms with van der Waals surface area (Å²) in [6.07, 6.45) is 76.0. The fourth-order valence-corrected chi connectivity index (χ4v) is 8.26. The molecule has 70 heavy (non-hydrogen) atoms. The van der Waals surface area contributed by atoms with Crippen LogP contribution < -0.4 is 0 Å². The van der Waals surface area contributed by atoms with Crippen molar-refractivity contribution in [3.05, 3.63) is 85.1 Å². The SMILES string of the molecule is CC/C=C\C/C=C\C/C=C\C/C=C\C/C=C\C/C=C\C/C=C\CCCC(=O)OCC(COC(=O)CCCCCCCCCC)OC(=O)CCCCCCCCCCCCCCCCCCCCCCC. The third-order valence-electron chi connectivity index (χ3n) is 12.7. The van der Waals surface area contributed by atoms with Crippen LogP contribution in [0.4, 0.5) is 0 Å². The lowest BCUT2D eigenvalue weighted by Gasteiger charge is -2.18. The van der Waals surface area contributed by atoms with Gasteiger partial charge in [-0.05, 0) is 70.6 Å². The highest BCUT2D eigenvalue weighted by molar-refractivity contribution is 5.71. The first-order valence-electron chi connectivity index (χ1n) is 29.6. The van der Waals surface area contributed by atoms with Gasteiger partial charge in [0.15, 0.2) is 6.10 Å². The average Bonchev–Trinajstić information content (AvgIpc) is 3.36. The van der Waals surface area contributed by atoms with Crippen LogP contribution in [0.5, 0.6) is 0 Å². The molecule has 0 aromatic carbocycles. The zero-order chi connectivity index (χ0) is 50.7. The van der Waals surface area contributed by atoms with Crippen molar-refractivity contribution in [1.29, 1.82) is 0 Å². The molecule has 6 heteroatoms. The van der Waals surface area contributed by atoms with Crippen LogP contribution >= 0.6 is 0 Å². The normalized spacial score (nSPS) is 12.7. The molecule has 6 nitrogen and oxygen atoms in total. The molecule has 0 aliphatic heterocycles. The van der Waals surface area contributed by atoms with E-state index in [-0.39, 0.29) is 37.5 Å². The smallest absolute Gasteiger partial charge is 0.306 e. The third-order valence-corrected chi connectivity index (χ3v) is 12.7. The minimum atomic E-state index is -0.796. The Hall–Kier alpha value is -3.41. The minimum Gasteiger partial charge on any atom is -0.462 e. The van der Waals surface area contributed by atoms with E-state index in [1.165, 1.54) is 148 Å². The molecule has 0 heterocycles. The van der Waals surface area contributed by atoms with Crippen molar-refractivity contribution in [2.45, 2.75) is 290 Å². The Kier molecular flexibility index (Phi) is 55.3. The van der Waals surface area contributed by atoms with Crippen molar-refractivity contribution in [1.82, 2.24) is 0 Å². The molecule has 0 rings (SSSR count). The number of hydrogen-bond donors (Lipinski definition) is 0. The lowest BCUT2D eigenvalue weighted by atomic mass is 10.0. The Bertz CT molecular complexity index is 1350. The van der Waals surface area contributed by atoms with Crippen LogP contribution in [0.1, 0.15) is 284 Å². The summed E-state index contributed by atoms with van der Waals surface area (Å²) in [6.45, 7) is 6.47. The van der Waals surface area contributed by atoms with Gasteiger partial charge in [0.05, 0.1) is 0 Å². The van der Waals surface area contributed by atoms with E-state index in [1.807, 2.05) is 0 Å². The highest BCUT2D eigenvalue weighted by Crippen LogP contribution is 2.16. The molecule has 0 bridgehead atoms. The van der Waals surface area contributed by atoms with Crippen LogP contribution in [0, 0.1) is 0 Å². The van der Waals surface area contributed by atoms with E-state index in [1.54, 1.807) is 0 Å². The van der Waals surface area contributed by atoms with Gasteiger partial charge in [0.25, 0.3) is 0 Å². The quantitative estimate of drug-likeness (QED) is 0.0261. The summed E-state index contributed by atoms with van der Waals surface area (Å²) in [5, 5.41) is 0. The Labute approximate surface area is 433 Å². The lowest BCUT2D eigenvalue weighted by Crippen LogP contribution is -2.30. The van der Waals surface area contributed by atoms with Crippen molar-refractivity contribution in [2.24, 2.45) is 0 Å². The first kappa shape index (κ1) is 66.6. The van der Waals surface area contributed by atoms with Gasteiger partial charge in [-0.2, -0.15) is 0 Å². The van der Waals surface area contributed by atoms with Crippen molar-refractivity contribution in [3.8, 4) is 0 Å². The topological polar surface area (TPSA) is 78.9 Å². The second-order valence-electron chi connectivity index (χ2n) is 19.5. The molecule has 402 valence electrons. The summed E-state index contributed by atoms with van der Waals surface area (Å²) in [5.74, 6) is -0.949.